The second kappa shape index (κ2) is 9.65. The molecule has 2 aromatic rings. The van der Waals surface area contributed by atoms with Crippen LogP contribution in [0.5, 0.6) is 5.75 Å². The molecule has 1 aromatic heterocycles. The van der Waals surface area contributed by atoms with Crippen LogP contribution in [-0.4, -0.2) is 47.1 Å². The third kappa shape index (κ3) is 5.21. The van der Waals surface area contributed by atoms with Crippen molar-refractivity contribution in [2.45, 2.75) is 38.5 Å². The number of benzene rings is 1. The summed E-state index contributed by atoms with van der Waals surface area (Å²) in [5, 5.41) is 4.29. The van der Waals surface area contributed by atoms with Gasteiger partial charge >= 0.3 is 0 Å². The van der Waals surface area contributed by atoms with Gasteiger partial charge in [0, 0.05) is 24.4 Å². The van der Waals surface area contributed by atoms with Crippen LogP contribution in [0.4, 0.5) is 0 Å². The fourth-order valence-electron chi connectivity index (χ4n) is 3.78. The van der Waals surface area contributed by atoms with Crippen LogP contribution in [0.25, 0.3) is 16.9 Å². The lowest BCUT2D eigenvalue weighted by Crippen LogP contribution is -2.31. The van der Waals surface area contributed by atoms with Crippen molar-refractivity contribution in [3.63, 3.8) is 0 Å². The number of likely N-dealkylation sites (tertiary alicyclic amines) is 1. The lowest BCUT2D eigenvalue weighted by Gasteiger charge is -2.26. The summed E-state index contributed by atoms with van der Waals surface area (Å²) >= 11 is 0. The molecule has 1 fully saturated rings. The van der Waals surface area contributed by atoms with Crippen molar-refractivity contribution in [3.8, 4) is 16.9 Å². The Bertz CT molecular complexity index is 925. The molecule has 1 aromatic carbocycles. The average molecular weight is 393 g/mol. The van der Waals surface area contributed by atoms with Gasteiger partial charge in [-0.3, -0.25) is 4.79 Å². The van der Waals surface area contributed by atoms with E-state index in [1.807, 2.05) is 36.6 Å². The molecule has 0 spiro atoms. The Morgan fingerprint density at radius 2 is 1.83 bits per heavy atom. The molecule has 0 amide bonds. The van der Waals surface area contributed by atoms with Gasteiger partial charge in [0.1, 0.15) is 5.75 Å². The van der Waals surface area contributed by atoms with Crippen LogP contribution >= 0.6 is 0 Å². The summed E-state index contributed by atoms with van der Waals surface area (Å²) in [5.74, 6) is 1.46. The van der Waals surface area contributed by atoms with Crippen molar-refractivity contribution in [1.29, 1.82) is 0 Å². The van der Waals surface area contributed by atoms with Crippen molar-refractivity contribution in [3.05, 3.63) is 53.0 Å². The number of aliphatic imine (C=N–C) groups is 1. The fourth-order valence-corrected chi connectivity index (χ4v) is 3.78. The predicted octanol–water partition coefficient (Wildman–Crippen LogP) is 3.83. The summed E-state index contributed by atoms with van der Waals surface area (Å²) in [7, 11) is 0. The number of allylic oxidation sites excluding steroid dienone is 1. The number of piperidine rings is 1. The Balaban J connectivity index is 1.32. The highest BCUT2D eigenvalue weighted by Gasteiger charge is 2.10. The molecular formula is C23H28N4O2. The largest absolute Gasteiger partial charge is 0.494 e. The van der Waals surface area contributed by atoms with Crippen LogP contribution in [0.3, 0.4) is 0 Å². The number of aromatic nitrogens is 2. The first-order valence-corrected chi connectivity index (χ1v) is 10.6. The molecule has 2 aliphatic rings. The molecular weight excluding hydrogens is 364 g/mol. The summed E-state index contributed by atoms with van der Waals surface area (Å²) in [6.45, 7) is 4.29. The summed E-state index contributed by atoms with van der Waals surface area (Å²) in [4.78, 5) is 19.2. The smallest absolute Gasteiger partial charge is 0.273 e. The Kier molecular flexibility index (Phi) is 6.52. The molecule has 0 atom stereocenters. The number of rotatable bonds is 7. The zero-order valence-electron chi connectivity index (χ0n) is 16.8. The molecule has 0 bridgehead atoms. The van der Waals surface area contributed by atoms with Gasteiger partial charge in [-0.2, -0.15) is 9.78 Å². The van der Waals surface area contributed by atoms with Crippen molar-refractivity contribution >= 4 is 12.0 Å². The minimum atomic E-state index is -0.175. The van der Waals surface area contributed by atoms with E-state index < -0.39 is 0 Å². The quantitative estimate of drug-likeness (QED) is 0.672. The normalized spacial score (nSPS) is 17.2. The van der Waals surface area contributed by atoms with Crippen LogP contribution in [0.15, 0.2) is 52.4 Å². The molecule has 0 N–H and O–H groups in total. The third-order valence-corrected chi connectivity index (χ3v) is 5.39. The van der Waals surface area contributed by atoms with E-state index in [1.165, 1.54) is 37.0 Å². The standard InChI is InChI=1S/C23H28N4O2/c28-23-17-20(18-25-27(23)22-7-2-3-12-24-22)19-8-10-21(11-9-19)29-16-6-15-26-13-4-1-5-14-26/h7-12,17-18H,1-6,13-16H2. The van der Waals surface area contributed by atoms with Crippen molar-refractivity contribution in [2.24, 2.45) is 4.99 Å². The minimum Gasteiger partial charge on any atom is -0.494 e. The van der Waals surface area contributed by atoms with E-state index in [9.17, 15) is 4.79 Å². The SMILES string of the molecule is O=c1cc(-c2ccc(OCCCN3CCCCC3)cc2)cnn1C1=CCCC=N1. The molecule has 0 saturated carbocycles. The van der Waals surface area contributed by atoms with Gasteiger partial charge in [-0.05, 0) is 69.0 Å². The topological polar surface area (TPSA) is 59.7 Å². The van der Waals surface area contributed by atoms with Crippen molar-refractivity contribution in [2.75, 3.05) is 26.2 Å². The first-order chi connectivity index (χ1) is 14.3. The third-order valence-electron chi connectivity index (χ3n) is 5.39. The molecule has 0 radical (unpaired) electrons. The first kappa shape index (κ1) is 19.6. The lowest BCUT2D eigenvalue weighted by molar-refractivity contribution is 0.205. The van der Waals surface area contributed by atoms with E-state index in [-0.39, 0.29) is 5.56 Å². The molecule has 1 saturated heterocycles. The van der Waals surface area contributed by atoms with Gasteiger partial charge in [0.15, 0.2) is 5.82 Å². The van der Waals surface area contributed by atoms with Gasteiger partial charge in [0.05, 0.1) is 12.8 Å². The number of hydrogen-bond acceptors (Lipinski definition) is 5. The zero-order chi connectivity index (χ0) is 19.9. The summed E-state index contributed by atoms with van der Waals surface area (Å²) in [5.41, 5.74) is 1.57. The van der Waals surface area contributed by atoms with E-state index in [2.05, 4.69) is 15.0 Å². The van der Waals surface area contributed by atoms with Gasteiger partial charge < -0.3 is 9.64 Å². The van der Waals surface area contributed by atoms with Gasteiger partial charge in [0.2, 0.25) is 0 Å². The van der Waals surface area contributed by atoms with E-state index >= 15 is 0 Å². The molecule has 0 aliphatic carbocycles. The van der Waals surface area contributed by atoms with Gasteiger partial charge in [-0.25, -0.2) is 4.99 Å². The van der Waals surface area contributed by atoms with Gasteiger partial charge in [-0.15, -0.1) is 0 Å². The minimum absolute atomic E-state index is 0.175. The number of nitrogens with zero attached hydrogens (tertiary/aromatic N) is 4. The molecule has 6 heteroatoms. The predicted molar refractivity (Wildman–Crippen MR) is 116 cm³/mol. The second-order valence-corrected chi connectivity index (χ2v) is 7.57. The summed E-state index contributed by atoms with van der Waals surface area (Å²) < 4.78 is 7.22. The van der Waals surface area contributed by atoms with Crippen molar-refractivity contribution in [1.82, 2.24) is 14.7 Å². The van der Waals surface area contributed by atoms with Crippen LogP contribution in [-0.2, 0) is 0 Å². The van der Waals surface area contributed by atoms with E-state index in [1.54, 1.807) is 12.3 Å². The highest BCUT2D eigenvalue weighted by atomic mass is 16.5. The Morgan fingerprint density at radius 3 is 2.55 bits per heavy atom. The Hall–Kier alpha value is -2.73. The Morgan fingerprint density at radius 1 is 1.00 bits per heavy atom. The summed E-state index contributed by atoms with van der Waals surface area (Å²) in [6.07, 6.45) is 12.3. The zero-order valence-corrected chi connectivity index (χ0v) is 16.8. The van der Waals surface area contributed by atoms with Crippen LogP contribution in [0.1, 0.15) is 38.5 Å². The highest BCUT2D eigenvalue weighted by Crippen LogP contribution is 2.21. The van der Waals surface area contributed by atoms with Crippen LogP contribution in [0, 0.1) is 0 Å². The van der Waals surface area contributed by atoms with Crippen LogP contribution in [0.2, 0.25) is 0 Å². The molecule has 6 nitrogen and oxygen atoms in total. The fraction of sp³-hybridized carbons (Fsp3) is 0.435. The average Bonchev–Trinajstić information content (AvgIpc) is 2.78. The molecule has 4 rings (SSSR count). The number of hydrogen-bond donors (Lipinski definition) is 0. The van der Waals surface area contributed by atoms with Gasteiger partial charge in [-0.1, -0.05) is 18.6 Å². The second-order valence-electron chi connectivity index (χ2n) is 7.57. The summed E-state index contributed by atoms with van der Waals surface area (Å²) in [6, 6.07) is 9.45. The first-order valence-electron chi connectivity index (χ1n) is 10.6. The lowest BCUT2D eigenvalue weighted by atomic mass is 10.1. The molecule has 3 heterocycles. The van der Waals surface area contributed by atoms with Crippen LogP contribution < -0.4 is 10.3 Å². The van der Waals surface area contributed by atoms with E-state index in [0.29, 0.717) is 5.82 Å². The Labute approximate surface area is 171 Å². The molecule has 0 unspecified atom stereocenters. The van der Waals surface area contributed by atoms with E-state index in [0.717, 1.165) is 49.3 Å². The maximum absolute atomic E-state index is 12.4. The maximum Gasteiger partial charge on any atom is 0.273 e. The molecule has 29 heavy (non-hydrogen) atoms. The van der Waals surface area contributed by atoms with Gasteiger partial charge in [0.25, 0.3) is 5.56 Å². The number of ether oxygens (including phenoxy) is 1. The van der Waals surface area contributed by atoms with Crippen molar-refractivity contribution < 1.29 is 4.74 Å². The molecule has 152 valence electrons. The highest BCUT2D eigenvalue weighted by molar-refractivity contribution is 5.68. The maximum atomic E-state index is 12.4. The van der Waals surface area contributed by atoms with E-state index in [4.69, 9.17) is 4.74 Å². The molecule has 2 aliphatic heterocycles. The monoisotopic (exact) mass is 392 g/mol.